The topological polar surface area (TPSA) is 57.2 Å². The molecule has 1 atom stereocenters. The van der Waals surface area contributed by atoms with Crippen LogP contribution >= 0.6 is 0 Å². The number of hydrogen-bond acceptors (Lipinski definition) is 5. The number of aryl methyl sites for hydroxylation is 1. The Labute approximate surface area is 302 Å². The molecule has 0 saturated carbocycles. The van der Waals surface area contributed by atoms with Crippen molar-refractivity contribution in [2.24, 2.45) is 0 Å². The molecular formula is C46H46O5. The second-order valence-corrected chi connectivity index (χ2v) is 12.9. The van der Waals surface area contributed by atoms with Gasteiger partial charge in [0.2, 0.25) is 0 Å². The normalized spacial score (nSPS) is 11.5. The Morgan fingerprint density at radius 3 is 1.24 bits per heavy atom. The summed E-state index contributed by atoms with van der Waals surface area (Å²) in [6.45, 7) is 7.85. The lowest BCUT2D eigenvalue weighted by Gasteiger charge is -2.25. The summed E-state index contributed by atoms with van der Waals surface area (Å²) in [7, 11) is 0. The first kappa shape index (κ1) is 35.3. The summed E-state index contributed by atoms with van der Waals surface area (Å²) >= 11 is 0. The summed E-state index contributed by atoms with van der Waals surface area (Å²) in [5, 5.41) is 12.0. The van der Waals surface area contributed by atoms with Crippen LogP contribution in [0, 0.1) is 20.8 Å². The van der Waals surface area contributed by atoms with Crippen LogP contribution in [0.2, 0.25) is 0 Å². The summed E-state index contributed by atoms with van der Waals surface area (Å²) < 4.78 is 25.5. The monoisotopic (exact) mass is 678 g/mol. The van der Waals surface area contributed by atoms with E-state index in [9.17, 15) is 5.11 Å². The van der Waals surface area contributed by atoms with Crippen LogP contribution in [0.3, 0.4) is 0 Å². The number of aliphatic hydroxyl groups is 1. The fourth-order valence-electron chi connectivity index (χ4n) is 6.25. The van der Waals surface area contributed by atoms with Crippen LogP contribution in [0.25, 0.3) is 0 Å². The SMILES string of the molecule is Cc1c(C)c(OCc2ccccc2)c(C(O)CCc2cc(OCc3ccccc3)cc(OCc3ccccc3)c2)c(C)c1OCc1ccccc1. The van der Waals surface area contributed by atoms with Crippen molar-refractivity contribution in [3.8, 4) is 23.0 Å². The minimum absolute atomic E-state index is 0.396. The molecule has 0 saturated heterocycles. The van der Waals surface area contributed by atoms with Gasteiger partial charge in [-0.2, -0.15) is 0 Å². The molecule has 0 radical (unpaired) electrons. The lowest BCUT2D eigenvalue weighted by Crippen LogP contribution is -2.11. The molecule has 0 spiro atoms. The Morgan fingerprint density at radius 1 is 0.431 bits per heavy atom. The van der Waals surface area contributed by atoms with Gasteiger partial charge in [0.15, 0.2) is 0 Å². The average molecular weight is 679 g/mol. The van der Waals surface area contributed by atoms with Crippen LogP contribution in [-0.2, 0) is 32.8 Å². The first-order chi connectivity index (χ1) is 24.9. The van der Waals surface area contributed by atoms with Crippen LogP contribution in [0.1, 0.15) is 62.6 Å². The highest BCUT2D eigenvalue weighted by Crippen LogP contribution is 2.43. The van der Waals surface area contributed by atoms with Crippen molar-refractivity contribution in [3.63, 3.8) is 0 Å². The second-order valence-electron chi connectivity index (χ2n) is 12.9. The van der Waals surface area contributed by atoms with Crippen LogP contribution in [-0.4, -0.2) is 5.11 Å². The van der Waals surface area contributed by atoms with Crippen LogP contribution in [0.15, 0.2) is 140 Å². The molecule has 0 aliphatic rings. The molecule has 1 N–H and O–H groups in total. The second kappa shape index (κ2) is 17.4. The van der Waals surface area contributed by atoms with Crippen molar-refractivity contribution < 1.29 is 24.1 Å². The maximum absolute atomic E-state index is 12.0. The standard InChI is InChI=1S/C46H46O5/c1-33-34(2)46(51-32-39-22-14-7-15-23-39)44(35(3)45(33)50-31-38-20-12-6-13-21-38)43(47)25-24-40-26-41(48-29-36-16-8-4-9-17-36)28-42(27-40)49-30-37-18-10-5-11-19-37/h4-23,26-28,43,47H,24-25,29-32H2,1-3H3. The quantitative estimate of drug-likeness (QED) is 0.110. The molecule has 6 rings (SSSR count). The van der Waals surface area contributed by atoms with Crippen LogP contribution in [0.4, 0.5) is 0 Å². The summed E-state index contributed by atoms with van der Waals surface area (Å²) in [6, 6.07) is 46.5. The van der Waals surface area contributed by atoms with Gasteiger partial charge < -0.3 is 24.1 Å². The number of hydrogen-bond donors (Lipinski definition) is 1. The van der Waals surface area contributed by atoms with Gasteiger partial charge in [0.1, 0.15) is 49.4 Å². The zero-order chi connectivity index (χ0) is 35.4. The molecule has 5 heteroatoms. The highest BCUT2D eigenvalue weighted by atomic mass is 16.5. The molecule has 0 aromatic heterocycles. The molecule has 1 unspecified atom stereocenters. The van der Waals surface area contributed by atoms with Gasteiger partial charge in [-0.25, -0.2) is 0 Å². The minimum atomic E-state index is -0.809. The third-order valence-corrected chi connectivity index (χ3v) is 9.16. The van der Waals surface area contributed by atoms with Crippen LogP contribution in [0.5, 0.6) is 23.0 Å². The molecule has 6 aromatic carbocycles. The lowest BCUT2D eigenvalue weighted by molar-refractivity contribution is 0.158. The molecule has 0 heterocycles. The Bertz CT molecular complexity index is 1910. The lowest BCUT2D eigenvalue weighted by atomic mass is 9.91. The van der Waals surface area contributed by atoms with Crippen molar-refractivity contribution in [2.45, 2.75) is 66.1 Å². The van der Waals surface area contributed by atoms with Crippen molar-refractivity contribution in [2.75, 3.05) is 0 Å². The van der Waals surface area contributed by atoms with E-state index in [0.29, 0.717) is 45.0 Å². The maximum Gasteiger partial charge on any atom is 0.129 e. The summed E-state index contributed by atoms with van der Waals surface area (Å²) in [5.74, 6) is 2.94. The van der Waals surface area contributed by atoms with E-state index in [-0.39, 0.29) is 0 Å². The van der Waals surface area contributed by atoms with Gasteiger partial charge in [-0.15, -0.1) is 0 Å². The Balaban J connectivity index is 1.26. The average Bonchev–Trinajstić information content (AvgIpc) is 3.17. The Morgan fingerprint density at radius 2 is 0.804 bits per heavy atom. The van der Waals surface area contributed by atoms with Gasteiger partial charge >= 0.3 is 0 Å². The van der Waals surface area contributed by atoms with E-state index in [4.69, 9.17) is 18.9 Å². The maximum atomic E-state index is 12.0. The van der Waals surface area contributed by atoms with Gasteiger partial charge in [0.25, 0.3) is 0 Å². The molecule has 51 heavy (non-hydrogen) atoms. The smallest absolute Gasteiger partial charge is 0.129 e. The summed E-state index contributed by atoms with van der Waals surface area (Å²) in [4.78, 5) is 0. The van der Waals surface area contributed by atoms with Gasteiger partial charge in [-0.1, -0.05) is 121 Å². The van der Waals surface area contributed by atoms with E-state index in [1.165, 1.54) is 0 Å². The van der Waals surface area contributed by atoms with Crippen molar-refractivity contribution >= 4 is 0 Å². The molecule has 0 bridgehead atoms. The summed E-state index contributed by atoms with van der Waals surface area (Å²) in [6.07, 6.45) is 0.246. The number of aliphatic hydroxyl groups excluding tert-OH is 1. The summed E-state index contributed by atoms with van der Waals surface area (Å²) in [5.41, 5.74) is 8.94. The third kappa shape index (κ3) is 9.59. The molecule has 0 amide bonds. The largest absolute Gasteiger partial charge is 0.489 e. The first-order valence-corrected chi connectivity index (χ1v) is 17.6. The van der Waals surface area contributed by atoms with Gasteiger partial charge in [0.05, 0.1) is 6.10 Å². The molecule has 0 fully saturated rings. The molecule has 260 valence electrons. The highest BCUT2D eigenvalue weighted by molar-refractivity contribution is 5.59. The minimum Gasteiger partial charge on any atom is -0.489 e. The van der Waals surface area contributed by atoms with Gasteiger partial charge in [-0.3, -0.25) is 0 Å². The fourth-order valence-corrected chi connectivity index (χ4v) is 6.25. The zero-order valence-corrected chi connectivity index (χ0v) is 29.7. The number of rotatable bonds is 16. The van der Waals surface area contributed by atoms with Gasteiger partial charge in [0, 0.05) is 17.2 Å². The van der Waals surface area contributed by atoms with Crippen LogP contribution < -0.4 is 18.9 Å². The van der Waals surface area contributed by atoms with E-state index in [1.54, 1.807) is 0 Å². The van der Waals surface area contributed by atoms with E-state index in [2.05, 4.69) is 19.1 Å². The van der Waals surface area contributed by atoms with Crippen molar-refractivity contribution in [1.29, 1.82) is 0 Å². The Kier molecular flexibility index (Phi) is 12.1. The number of ether oxygens (including phenoxy) is 4. The highest BCUT2D eigenvalue weighted by Gasteiger charge is 2.25. The predicted octanol–water partition coefficient (Wildman–Crippen LogP) is 10.6. The third-order valence-electron chi connectivity index (χ3n) is 9.16. The van der Waals surface area contributed by atoms with Crippen molar-refractivity contribution in [1.82, 2.24) is 0 Å². The molecule has 0 aliphatic carbocycles. The Hall–Kier alpha value is -5.52. The predicted molar refractivity (Wildman–Crippen MR) is 203 cm³/mol. The van der Waals surface area contributed by atoms with Crippen molar-refractivity contribution in [3.05, 3.63) is 190 Å². The molecular weight excluding hydrogens is 633 g/mol. The van der Waals surface area contributed by atoms with Gasteiger partial charge in [-0.05, 0) is 84.7 Å². The van der Waals surface area contributed by atoms with E-state index in [1.807, 2.05) is 141 Å². The molecule has 5 nitrogen and oxygen atoms in total. The first-order valence-electron chi connectivity index (χ1n) is 17.6. The van der Waals surface area contributed by atoms with E-state index < -0.39 is 6.10 Å². The molecule has 0 aliphatic heterocycles. The van der Waals surface area contributed by atoms with E-state index >= 15 is 0 Å². The zero-order valence-electron chi connectivity index (χ0n) is 29.7. The number of benzene rings is 6. The fraction of sp³-hybridized carbons (Fsp3) is 0.217. The molecule has 6 aromatic rings. The van der Waals surface area contributed by atoms with E-state index in [0.717, 1.165) is 67.3 Å².